The summed E-state index contributed by atoms with van der Waals surface area (Å²) in [6.45, 7) is 12.1. The van der Waals surface area contributed by atoms with Crippen molar-refractivity contribution >= 4 is 11.6 Å². The molecule has 0 amide bonds. The van der Waals surface area contributed by atoms with E-state index in [-0.39, 0.29) is 5.41 Å². The number of rotatable bonds is 4. The third-order valence-corrected chi connectivity index (χ3v) is 4.27. The minimum absolute atomic E-state index is 0.0278. The first-order valence-corrected chi connectivity index (χ1v) is 8.09. The Balaban J connectivity index is 2.19. The number of hydrogen-bond donors (Lipinski definition) is 1. The summed E-state index contributed by atoms with van der Waals surface area (Å²) in [4.78, 5) is 2.49. The lowest BCUT2D eigenvalue weighted by Gasteiger charge is -2.28. The number of halogens is 1. The molecule has 0 aromatic heterocycles. The fourth-order valence-corrected chi connectivity index (χ4v) is 3.09. The highest BCUT2D eigenvalue weighted by molar-refractivity contribution is 6.30. The highest BCUT2D eigenvalue weighted by Crippen LogP contribution is 2.36. The lowest BCUT2D eigenvalue weighted by Crippen LogP contribution is -2.44. The van der Waals surface area contributed by atoms with Gasteiger partial charge in [0.1, 0.15) is 5.75 Å². The van der Waals surface area contributed by atoms with Crippen molar-refractivity contribution in [2.45, 2.75) is 32.6 Å². The van der Waals surface area contributed by atoms with Gasteiger partial charge in [0.2, 0.25) is 0 Å². The molecule has 0 aliphatic carbocycles. The first-order chi connectivity index (χ1) is 9.91. The molecule has 0 unspecified atom stereocenters. The van der Waals surface area contributed by atoms with Gasteiger partial charge in [-0.2, -0.15) is 0 Å². The largest absolute Gasteiger partial charge is 0.496 e. The average Bonchev–Trinajstić information content (AvgIpc) is 2.44. The predicted octanol–water partition coefficient (Wildman–Crippen LogP) is 3.09. The van der Waals surface area contributed by atoms with Crippen LogP contribution in [0.4, 0.5) is 0 Å². The smallest absolute Gasteiger partial charge is 0.125 e. The van der Waals surface area contributed by atoms with Gasteiger partial charge in [0.25, 0.3) is 0 Å². The first kappa shape index (κ1) is 16.6. The fourth-order valence-electron chi connectivity index (χ4n) is 2.85. The molecular weight excluding hydrogens is 284 g/mol. The summed E-state index contributed by atoms with van der Waals surface area (Å²) in [6, 6.07) is 4.09. The SMILES string of the molecule is COc1c(CCN2CCNCC2)cc(Cl)cc1C(C)(C)C. The molecule has 1 fully saturated rings. The highest BCUT2D eigenvalue weighted by Gasteiger charge is 2.22. The van der Waals surface area contributed by atoms with Gasteiger partial charge in [0.15, 0.2) is 0 Å². The third kappa shape index (κ3) is 4.35. The van der Waals surface area contributed by atoms with Crippen molar-refractivity contribution in [3.05, 3.63) is 28.3 Å². The van der Waals surface area contributed by atoms with E-state index < -0.39 is 0 Å². The van der Waals surface area contributed by atoms with Crippen molar-refractivity contribution in [1.29, 1.82) is 0 Å². The molecule has 1 N–H and O–H groups in total. The van der Waals surface area contributed by atoms with E-state index in [0.717, 1.165) is 49.9 Å². The Bertz CT molecular complexity index is 476. The molecule has 0 bridgehead atoms. The van der Waals surface area contributed by atoms with Crippen LogP contribution in [0.1, 0.15) is 31.9 Å². The summed E-state index contributed by atoms with van der Waals surface area (Å²) in [6.07, 6.45) is 0.979. The molecule has 3 nitrogen and oxygen atoms in total. The van der Waals surface area contributed by atoms with Crippen LogP contribution in [0.25, 0.3) is 0 Å². The van der Waals surface area contributed by atoms with Gasteiger partial charge in [-0.1, -0.05) is 32.4 Å². The first-order valence-electron chi connectivity index (χ1n) is 7.72. The molecule has 4 heteroatoms. The second-order valence-corrected chi connectivity index (χ2v) is 7.17. The van der Waals surface area contributed by atoms with E-state index in [2.05, 4.69) is 37.1 Å². The van der Waals surface area contributed by atoms with E-state index in [1.165, 1.54) is 11.1 Å². The molecule has 1 aromatic rings. The summed E-state index contributed by atoms with van der Waals surface area (Å²) >= 11 is 6.33. The summed E-state index contributed by atoms with van der Waals surface area (Å²) in [5.41, 5.74) is 2.43. The Morgan fingerprint density at radius 2 is 1.90 bits per heavy atom. The minimum Gasteiger partial charge on any atom is -0.496 e. The van der Waals surface area contributed by atoms with Crippen molar-refractivity contribution in [3.63, 3.8) is 0 Å². The number of nitrogens with one attached hydrogen (secondary N) is 1. The molecule has 0 spiro atoms. The number of piperazine rings is 1. The molecule has 1 heterocycles. The Morgan fingerprint density at radius 3 is 2.48 bits per heavy atom. The minimum atomic E-state index is 0.0278. The molecule has 0 saturated carbocycles. The number of benzene rings is 1. The molecule has 1 aliphatic rings. The van der Waals surface area contributed by atoms with Crippen LogP contribution in [0.2, 0.25) is 5.02 Å². The van der Waals surface area contributed by atoms with Gasteiger partial charge in [-0.05, 0) is 29.5 Å². The quantitative estimate of drug-likeness (QED) is 0.925. The van der Waals surface area contributed by atoms with E-state index in [0.29, 0.717) is 0 Å². The summed E-state index contributed by atoms with van der Waals surface area (Å²) in [7, 11) is 1.76. The zero-order chi connectivity index (χ0) is 15.5. The summed E-state index contributed by atoms with van der Waals surface area (Å²) in [5.74, 6) is 1.00. The second-order valence-electron chi connectivity index (χ2n) is 6.74. The second kappa shape index (κ2) is 6.99. The fraction of sp³-hybridized carbons (Fsp3) is 0.647. The van der Waals surface area contributed by atoms with Gasteiger partial charge in [-0.15, -0.1) is 0 Å². The molecule has 21 heavy (non-hydrogen) atoms. The van der Waals surface area contributed by atoms with Crippen LogP contribution in [-0.2, 0) is 11.8 Å². The van der Waals surface area contributed by atoms with Crippen LogP contribution in [0.5, 0.6) is 5.75 Å². The average molecular weight is 311 g/mol. The van der Waals surface area contributed by atoms with Crippen LogP contribution in [0, 0.1) is 0 Å². The van der Waals surface area contributed by atoms with E-state index >= 15 is 0 Å². The van der Waals surface area contributed by atoms with Gasteiger partial charge in [0, 0.05) is 43.3 Å². The molecular formula is C17H27ClN2O. The molecule has 0 atom stereocenters. The van der Waals surface area contributed by atoms with E-state index in [9.17, 15) is 0 Å². The molecule has 118 valence electrons. The van der Waals surface area contributed by atoms with Crippen molar-refractivity contribution in [3.8, 4) is 5.75 Å². The van der Waals surface area contributed by atoms with Crippen molar-refractivity contribution in [2.75, 3.05) is 39.8 Å². The number of ether oxygens (including phenoxy) is 1. The molecule has 1 aromatic carbocycles. The lowest BCUT2D eigenvalue weighted by molar-refractivity contribution is 0.243. The molecule has 0 radical (unpaired) electrons. The summed E-state index contributed by atoms with van der Waals surface area (Å²) in [5, 5.41) is 4.19. The van der Waals surface area contributed by atoms with Crippen LogP contribution < -0.4 is 10.1 Å². The Labute approximate surface area is 133 Å². The topological polar surface area (TPSA) is 24.5 Å². The van der Waals surface area contributed by atoms with Crippen LogP contribution in [0.15, 0.2) is 12.1 Å². The van der Waals surface area contributed by atoms with E-state index in [1.54, 1.807) is 7.11 Å². The maximum absolute atomic E-state index is 6.33. The normalized spacial score (nSPS) is 17.0. The third-order valence-electron chi connectivity index (χ3n) is 4.05. The number of hydrogen-bond acceptors (Lipinski definition) is 3. The maximum Gasteiger partial charge on any atom is 0.125 e. The monoisotopic (exact) mass is 310 g/mol. The number of nitrogens with zero attached hydrogens (tertiary/aromatic N) is 1. The van der Waals surface area contributed by atoms with Crippen LogP contribution in [0.3, 0.4) is 0 Å². The molecule has 1 aliphatic heterocycles. The van der Waals surface area contributed by atoms with Crippen molar-refractivity contribution in [2.24, 2.45) is 0 Å². The zero-order valence-corrected chi connectivity index (χ0v) is 14.4. The predicted molar refractivity (Wildman–Crippen MR) is 89.7 cm³/mol. The van der Waals surface area contributed by atoms with Crippen molar-refractivity contribution < 1.29 is 4.74 Å². The van der Waals surface area contributed by atoms with Gasteiger partial charge < -0.3 is 15.0 Å². The Hall–Kier alpha value is -0.770. The van der Waals surface area contributed by atoms with Gasteiger partial charge >= 0.3 is 0 Å². The summed E-state index contributed by atoms with van der Waals surface area (Å²) < 4.78 is 5.71. The Morgan fingerprint density at radius 1 is 1.24 bits per heavy atom. The zero-order valence-electron chi connectivity index (χ0n) is 13.6. The van der Waals surface area contributed by atoms with Gasteiger partial charge in [-0.3, -0.25) is 0 Å². The number of methoxy groups -OCH3 is 1. The molecule has 2 rings (SSSR count). The lowest BCUT2D eigenvalue weighted by atomic mass is 9.84. The highest BCUT2D eigenvalue weighted by atomic mass is 35.5. The molecule has 1 saturated heterocycles. The van der Waals surface area contributed by atoms with Crippen LogP contribution >= 0.6 is 11.6 Å². The standard InChI is InChI=1S/C17H27ClN2O/c1-17(2,3)15-12-14(18)11-13(16(15)21-4)5-8-20-9-6-19-7-10-20/h11-12,19H,5-10H2,1-4H3. The van der Waals surface area contributed by atoms with Gasteiger partial charge in [0.05, 0.1) is 7.11 Å². The Kier molecular flexibility index (Phi) is 5.53. The van der Waals surface area contributed by atoms with E-state index in [1.807, 2.05) is 6.07 Å². The van der Waals surface area contributed by atoms with Gasteiger partial charge in [-0.25, -0.2) is 0 Å². The van der Waals surface area contributed by atoms with Crippen molar-refractivity contribution in [1.82, 2.24) is 10.2 Å². The maximum atomic E-state index is 6.33. The van der Waals surface area contributed by atoms with Crippen LogP contribution in [-0.4, -0.2) is 44.7 Å². The van der Waals surface area contributed by atoms with E-state index in [4.69, 9.17) is 16.3 Å².